The standard InChI is InChI=1S/C15H14BrF2NO/c1-9(10-3-5-13(18)12(16)7-10)19-14-6-4-11(17)8-15(14)20-2/h3-9,19H,1-2H3. The monoisotopic (exact) mass is 341 g/mol. The summed E-state index contributed by atoms with van der Waals surface area (Å²) in [6, 6.07) is 9.03. The number of hydrogen-bond donors (Lipinski definition) is 1. The normalized spacial score (nSPS) is 12.1. The molecule has 2 nitrogen and oxygen atoms in total. The van der Waals surface area contributed by atoms with Crippen LogP contribution < -0.4 is 10.1 Å². The van der Waals surface area contributed by atoms with Crippen LogP contribution in [0.4, 0.5) is 14.5 Å². The number of methoxy groups -OCH3 is 1. The minimum atomic E-state index is -0.357. The van der Waals surface area contributed by atoms with Gasteiger partial charge in [0.1, 0.15) is 17.4 Å². The molecule has 2 aromatic carbocycles. The Morgan fingerprint density at radius 3 is 2.55 bits per heavy atom. The van der Waals surface area contributed by atoms with E-state index >= 15 is 0 Å². The molecular weight excluding hydrogens is 328 g/mol. The molecule has 0 heterocycles. The second-order valence-electron chi connectivity index (χ2n) is 4.38. The molecule has 1 unspecified atom stereocenters. The van der Waals surface area contributed by atoms with Gasteiger partial charge >= 0.3 is 0 Å². The highest BCUT2D eigenvalue weighted by atomic mass is 79.9. The van der Waals surface area contributed by atoms with E-state index in [-0.39, 0.29) is 17.7 Å². The van der Waals surface area contributed by atoms with E-state index in [0.29, 0.717) is 15.9 Å². The van der Waals surface area contributed by atoms with Crippen molar-refractivity contribution >= 4 is 21.6 Å². The van der Waals surface area contributed by atoms with E-state index in [1.165, 1.54) is 25.3 Å². The van der Waals surface area contributed by atoms with E-state index in [4.69, 9.17) is 4.74 Å². The van der Waals surface area contributed by atoms with Crippen LogP contribution in [0.5, 0.6) is 5.75 Å². The van der Waals surface area contributed by atoms with Crippen LogP contribution in [0.15, 0.2) is 40.9 Å². The first-order valence-electron chi connectivity index (χ1n) is 6.06. The Kier molecular flexibility index (Phi) is 4.60. The molecule has 0 aliphatic carbocycles. The quantitative estimate of drug-likeness (QED) is 0.853. The van der Waals surface area contributed by atoms with Gasteiger partial charge in [-0.05, 0) is 52.7 Å². The maximum Gasteiger partial charge on any atom is 0.144 e. The topological polar surface area (TPSA) is 21.3 Å². The molecule has 1 atom stereocenters. The van der Waals surface area contributed by atoms with Gasteiger partial charge in [-0.3, -0.25) is 0 Å². The minimum absolute atomic E-state index is 0.0775. The SMILES string of the molecule is COc1cc(F)ccc1NC(C)c1ccc(F)c(Br)c1. The van der Waals surface area contributed by atoms with Crippen molar-refractivity contribution in [1.82, 2.24) is 0 Å². The smallest absolute Gasteiger partial charge is 0.144 e. The van der Waals surface area contributed by atoms with Gasteiger partial charge in [0.2, 0.25) is 0 Å². The molecule has 1 N–H and O–H groups in total. The van der Waals surface area contributed by atoms with E-state index in [0.717, 1.165) is 5.56 Å². The lowest BCUT2D eigenvalue weighted by Gasteiger charge is -2.18. The number of nitrogens with one attached hydrogen (secondary N) is 1. The van der Waals surface area contributed by atoms with E-state index in [2.05, 4.69) is 21.2 Å². The highest BCUT2D eigenvalue weighted by molar-refractivity contribution is 9.10. The Morgan fingerprint density at radius 1 is 1.15 bits per heavy atom. The number of anilines is 1. The summed E-state index contributed by atoms with van der Waals surface area (Å²) in [5.74, 6) is -0.233. The summed E-state index contributed by atoms with van der Waals surface area (Å²) in [7, 11) is 1.49. The van der Waals surface area contributed by atoms with Crippen LogP contribution in [-0.4, -0.2) is 7.11 Å². The first-order chi connectivity index (χ1) is 9.51. The average Bonchev–Trinajstić information content (AvgIpc) is 2.43. The Hall–Kier alpha value is -1.62. The van der Waals surface area contributed by atoms with E-state index in [1.807, 2.05) is 6.92 Å². The number of ether oxygens (including phenoxy) is 1. The van der Waals surface area contributed by atoms with Crippen LogP contribution >= 0.6 is 15.9 Å². The molecule has 2 rings (SSSR count). The summed E-state index contributed by atoms with van der Waals surface area (Å²) in [6.07, 6.45) is 0. The zero-order valence-corrected chi connectivity index (χ0v) is 12.7. The predicted octanol–water partition coefficient (Wildman–Crippen LogP) is 4.91. The minimum Gasteiger partial charge on any atom is -0.494 e. The van der Waals surface area contributed by atoms with Crippen molar-refractivity contribution in [2.24, 2.45) is 0 Å². The fraction of sp³-hybridized carbons (Fsp3) is 0.200. The summed E-state index contributed by atoms with van der Waals surface area (Å²) in [5.41, 5.74) is 1.59. The van der Waals surface area contributed by atoms with Gasteiger partial charge in [0.15, 0.2) is 0 Å². The lowest BCUT2D eigenvalue weighted by molar-refractivity contribution is 0.412. The van der Waals surface area contributed by atoms with Gasteiger partial charge in [0.25, 0.3) is 0 Å². The third-order valence-electron chi connectivity index (χ3n) is 2.98. The zero-order chi connectivity index (χ0) is 14.7. The highest BCUT2D eigenvalue weighted by Gasteiger charge is 2.11. The molecule has 0 radical (unpaired) electrons. The van der Waals surface area contributed by atoms with Gasteiger partial charge in [-0.2, -0.15) is 0 Å². The molecule has 0 aliphatic heterocycles. The molecule has 0 saturated heterocycles. The number of halogens is 3. The van der Waals surface area contributed by atoms with Crippen LogP contribution in [-0.2, 0) is 0 Å². The van der Waals surface area contributed by atoms with Crippen LogP contribution in [0.1, 0.15) is 18.5 Å². The predicted molar refractivity (Wildman–Crippen MR) is 79.1 cm³/mol. The molecular formula is C15H14BrF2NO. The third-order valence-corrected chi connectivity index (χ3v) is 3.59. The van der Waals surface area contributed by atoms with Gasteiger partial charge in [-0.15, -0.1) is 0 Å². The van der Waals surface area contributed by atoms with Crippen LogP contribution in [0.2, 0.25) is 0 Å². The average molecular weight is 342 g/mol. The molecule has 0 amide bonds. The van der Waals surface area contributed by atoms with Gasteiger partial charge < -0.3 is 10.1 Å². The Balaban J connectivity index is 2.22. The molecule has 106 valence electrons. The molecule has 5 heteroatoms. The van der Waals surface area contributed by atoms with Crippen molar-refractivity contribution in [2.45, 2.75) is 13.0 Å². The molecule has 0 spiro atoms. The highest BCUT2D eigenvalue weighted by Crippen LogP contribution is 2.30. The Morgan fingerprint density at radius 2 is 1.90 bits per heavy atom. The summed E-state index contributed by atoms with van der Waals surface area (Å²) < 4.78 is 31.9. The largest absolute Gasteiger partial charge is 0.494 e. The molecule has 0 aliphatic rings. The molecule has 2 aromatic rings. The van der Waals surface area contributed by atoms with E-state index in [9.17, 15) is 8.78 Å². The maximum absolute atomic E-state index is 13.2. The second-order valence-corrected chi connectivity index (χ2v) is 5.24. The van der Waals surface area contributed by atoms with Crippen LogP contribution in [0, 0.1) is 11.6 Å². The summed E-state index contributed by atoms with van der Waals surface area (Å²) in [6.45, 7) is 1.93. The van der Waals surface area contributed by atoms with E-state index in [1.54, 1.807) is 18.2 Å². The van der Waals surface area contributed by atoms with Crippen molar-refractivity contribution in [3.63, 3.8) is 0 Å². The lowest BCUT2D eigenvalue weighted by atomic mass is 10.1. The number of benzene rings is 2. The van der Waals surface area contributed by atoms with Gasteiger partial charge in [-0.1, -0.05) is 6.07 Å². The van der Waals surface area contributed by atoms with Gasteiger partial charge in [0, 0.05) is 12.1 Å². The molecule has 0 bridgehead atoms. The number of rotatable bonds is 4. The summed E-state index contributed by atoms with van der Waals surface area (Å²) >= 11 is 3.16. The van der Waals surface area contributed by atoms with Crippen molar-refractivity contribution in [3.05, 3.63) is 58.1 Å². The van der Waals surface area contributed by atoms with Crippen molar-refractivity contribution < 1.29 is 13.5 Å². The first-order valence-corrected chi connectivity index (χ1v) is 6.85. The fourth-order valence-corrected chi connectivity index (χ4v) is 2.28. The second kappa shape index (κ2) is 6.22. The molecule has 0 aromatic heterocycles. The van der Waals surface area contributed by atoms with Crippen molar-refractivity contribution in [3.8, 4) is 5.75 Å². The van der Waals surface area contributed by atoms with Crippen LogP contribution in [0.3, 0.4) is 0 Å². The molecule has 20 heavy (non-hydrogen) atoms. The zero-order valence-electron chi connectivity index (χ0n) is 11.1. The fourth-order valence-electron chi connectivity index (χ4n) is 1.88. The van der Waals surface area contributed by atoms with Gasteiger partial charge in [0.05, 0.1) is 17.3 Å². The van der Waals surface area contributed by atoms with E-state index < -0.39 is 0 Å². The Labute approximate surface area is 124 Å². The number of hydrogen-bond acceptors (Lipinski definition) is 2. The van der Waals surface area contributed by atoms with Crippen molar-refractivity contribution in [2.75, 3.05) is 12.4 Å². The Bertz CT molecular complexity index is 619. The maximum atomic E-state index is 13.2. The third kappa shape index (κ3) is 3.28. The van der Waals surface area contributed by atoms with Crippen LogP contribution in [0.25, 0.3) is 0 Å². The molecule has 0 fully saturated rings. The summed E-state index contributed by atoms with van der Waals surface area (Å²) in [4.78, 5) is 0. The van der Waals surface area contributed by atoms with Crippen molar-refractivity contribution in [1.29, 1.82) is 0 Å². The van der Waals surface area contributed by atoms with Gasteiger partial charge in [-0.25, -0.2) is 8.78 Å². The lowest BCUT2D eigenvalue weighted by Crippen LogP contribution is -2.08. The molecule has 0 saturated carbocycles. The first kappa shape index (κ1) is 14.8. The summed E-state index contributed by atoms with van der Waals surface area (Å²) in [5, 5.41) is 3.22.